The van der Waals surface area contributed by atoms with E-state index in [0.29, 0.717) is 52.8 Å². The van der Waals surface area contributed by atoms with E-state index < -0.39 is 12.0 Å². The van der Waals surface area contributed by atoms with Gasteiger partial charge in [-0.2, -0.15) is 0 Å². The summed E-state index contributed by atoms with van der Waals surface area (Å²) < 4.78 is 11.1. The summed E-state index contributed by atoms with van der Waals surface area (Å²) in [4.78, 5) is 40.9. The number of hydrogen-bond acceptors (Lipinski definition) is 6. The number of halogens is 1. The molecule has 7 nitrogen and oxygen atoms in total. The second kappa shape index (κ2) is 14.7. The summed E-state index contributed by atoms with van der Waals surface area (Å²) in [6.07, 6.45) is 3.20. The molecule has 4 aromatic rings. The molecule has 0 bridgehead atoms. The van der Waals surface area contributed by atoms with Crippen LogP contribution < -0.4 is 15.0 Å². The molecule has 44 heavy (non-hydrogen) atoms. The second-order valence-electron chi connectivity index (χ2n) is 10.7. The standard InChI is InChI=1S/C36H35ClN2O5/c1-43-36(42)32(38-31-16-7-5-14-29(31)34(40)26-10-3-2-4-11-26)24-25-18-20-28(21-19-25)44-23-22-39(35(41)27-12-9-13-27)33-17-8-6-15-30(33)37/h2-8,10-11,14-21,27,32,38H,9,12-13,22-24H2,1H3/t32-/m0/s1. The minimum atomic E-state index is -0.724. The quantitative estimate of drug-likeness (QED) is 0.130. The van der Waals surface area contributed by atoms with Crippen LogP contribution in [0.3, 0.4) is 0 Å². The van der Waals surface area contributed by atoms with Crippen LogP contribution in [0.5, 0.6) is 5.75 Å². The van der Waals surface area contributed by atoms with Gasteiger partial charge in [-0.15, -0.1) is 0 Å². The molecule has 5 rings (SSSR count). The predicted octanol–water partition coefficient (Wildman–Crippen LogP) is 6.98. The van der Waals surface area contributed by atoms with Crippen LogP contribution in [-0.4, -0.2) is 44.0 Å². The molecule has 1 N–H and O–H groups in total. The summed E-state index contributed by atoms with van der Waals surface area (Å²) in [6.45, 7) is 0.665. The fourth-order valence-corrected chi connectivity index (χ4v) is 5.42. The van der Waals surface area contributed by atoms with Gasteiger partial charge in [0.2, 0.25) is 5.91 Å². The number of anilines is 2. The van der Waals surface area contributed by atoms with Gasteiger partial charge in [-0.1, -0.05) is 84.8 Å². The predicted molar refractivity (Wildman–Crippen MR) is 173 cm³/mol. The van der Waals surface area contributed by atoms with Crippen LogP contribution in [0.25, 0.3) is 0 Å². The Bertz CT molecular complexity index is 1590. The average molecular weight is 611 g/mol. The average Bonchev–Trinajstić information content (AvgIpc) is 3.03. The Morgan fingerprint density at radius 1 is 0.886 bits per heavy atom. The maximum atomic E-state index is 13.2. The number of carbonyl (C=O) groups is 3. The third-order valence-electron chi connectivity index (χ3n) is 7.83. The molecule has 1 saturated carbocycles. The van der Waals surface area contributed by atoms with Crippen LogP contribution >= 0.6 is 11.6 Å². The minimum Gasteiger partial charge on any atom is -0.492 e. The number of amides is 1. The van der Waals surface area contributed by atoms with E-state index in [4.69, 9.17) is 21.1 Å². The van der Waals surface area contributed by atoms with Gasteiger partial charge >= 0.3 is 5.97 Å². The molecular weight excluding hydrogens is 576 g/mol. The van der Waals surface area contributed by atoms with Crippen LogP contribution in [0.4, 0.5) is 11.4 Å². The summed E-state index contributed by atoms with van der Waals surface area (Å²) in [7, 11) is 1.34. The molecule has 4 aromatic carbocycles. The van der Waals surface area contributed by atoms with Crippen molar-refractivity contribution in [1.82, 2.24) is 0 Å². The number of benzene rings is 4. The molecule has 1 aliphatic rings. The van der Waals surface area contributed by atoms with Crippen molar-refractivity contribution in [2.75, 3.05) is 30.5 Å². The number of esters is 1. The molecular formula is C36H35ClN2O5. The van der Waals surface area contributed by atoms with Crippen molar-refractivity contribution >= 4 is 40.6 Å². The monoisotopic (exact) mass is 610 g/mol. The highest BCUT2D eigenvalue weighted by molar-refractivity contribution is 6.33. The summed E-state index contributed by atoms with van der Waals surface area (Å²) >= 11 is 6.43. The van der Waals surface area contributed by atoms with E-state index >= 15 is 0 Å². The van der Waals surface area contributed by atoms with Crippen LogP contribution in [0.15, 0.2) is 103 Å². The van der Waals surface area contributed by atoms with Crippen molar-refractivity contribution in [2.45, 2.75) is 31.7 Å². The van der Waals surface area contributed by atoms with Crippen LogP contribution in [0.2, 0.25) is 5.02 Å². The first kappa shape index (κ1) is 30.8. The van der Waals surface area contributed by atoms with Crippen molar-refractivity contribution in [3.05, 3.63) is 125 Å². The number of methoxy groups -OCH3 is 1. The van der Waals surface area contributed by atoms with Gasteiger partial charge in [0.05, 0.1) is 24.4 Å². The molecule has 0 heterocycles. The summed E-state index contributed by atoms with van der Waals surface area (Å²) in [5.41, 5.74) is 3.16. The Balaban J connectivity index is 1.23. The molecule has 1 atom stereocenters. The molecule has 1 fully saturated rings. The summed E-state index contributed by atoms with van der Waals surface area (Å²) in [6, 6.07) is 30.2. The SMILES string of the molecule is COC(=O)[C@H](Cc1ccc(OCCN(C(=O)C2CCC2)c2ccccc2Cl)cc1)Nc1ccccc1C(=O)c1ccccc1. The van der Waals surface area contributed by atoms with E-state index in [0.717, 1.165) is 24.8 Å². The zero-order valence-corrected chi connectivity index (χ0v) is 25.3. The lowest BCUT2D eigenvalue weighted by Crippen LogP contribution is -2.41. The fourth-order valence-electron chi connectivity index (χ4n) is 5.18. The van der Waals surface area contributed by atoms with E-state index in [1.807, 2.05) is 66.7 Å². The number of nitrogens with zero attached hydrogens (tertiary/aromatic N) is 1. The Hall–Kier alpha value is -4.62. The molecule has 0 spiro atoms. The highest BCUT2D eigenvalue weighted by Crippen LogP contribution is 2.33. The Morgan fingerprint density at radius 2 is 1.57 bits per heavy atom. The number of ether oxygens (including phenoxy) is 2. The van der Waals surface area contributed by atoms with Crippen molar-refractivity contribution in [3.8, 4) is 5.75 Å². The maximum Gasteiger partial charge on any atom is 0.328 e. The van der Waals surface area contributed by atoms with Gasteiger partial charge in [-0.3, -0.25) is 9.59 Å². The Morgan fingerprint density at radius 3 is 2.25 bits per heavy atom. The maximum absolute atomic E-state index is 13.2. The number of hydrogen-bond donors (Lipinski definition) is 1. The highest BCUT2D eigenvalue weighted by atomic mass is 35.5. The van der Waals surface area contributed by atoms with Crippen molar-refractivity contribution < 1.29 is 23.9 Å². The van der Waals surface area contributed by atoms with Crippen LogP contribution in [0, 0.1) is 5.92 Å². The zero-order valence-electron chi connectivity index (χ0n) is 24.6. The molecule has 0 saturated heterocycles. The molecule has 0 aromatic heterocycles. The molecule has 0 unspecified atom stereocenters. The Labute approximate surface area is 262 Å². The van der Waals surface area contributed by atoms with Gasteiger partial charge in [-0.05, 0) is 54.8 Å². The molecule has 1 amide bonds. The first-order valence-corrected chi connectivity index (χ1v) is 15.1. The topological polar surface area (TPSA) is 84.9 Å². The molecule has 0 radical (unpaired) electrons. The third kappa shape index (κ3) is 7.47. The third-order valence-corrected chi connectivity index (χ3v) is 8.15. The number of nitrogens with one attached hydrogen (secondary N) is 1. The van der Waals surface area contributed by atoms with E-state index in [1.165, 1.54) is 7.11 Å². The van der Waals surface area contributed by atoms with E-state index in [1.54, 1.807) is 41.3 Å². The lowest BCUT2D eigenvalue weighted by molar-refractivity contribution is -0.141. The van der Waals surface area contributed by atoms with Crippen molar-refractivity contribution in [3.63, 3.8) is 0 Å². The van der Waals surface area contributed by atoms with Crippen molar-refractivity contribution in [2.24, 2.45) is 5.92 Å². The molecule has 0 aliphatic heterocycles. The summed E-state index contributed by atoms with van der Waals surface area (Å²) in [5.74, 6) is 0.178. The largest absolute Gasteiger partial charge is 0.492 e. The van der Waals surface area contributed by atoms with Crippen LogP contribution in [0.1, 0.15) is 40.7 Å². The molecule has 1 aliphatic carbocycles. The molecule has 8 heteroatoms. The Kier molecular flexibility index (Phi) is 10.3. The van der Waals surface area contributed by atoms with Gasteiger partial charge in [0.25, 0.3) is 0 Å². The lowest BCUT2D eigenvalue weighted by Gasteiger charge is -2.32. The first-order valence-electron chi connectivity index (χ1n) is 14.8. The lowest BCUT2D eigenvalue weighted by atomic mass is 9.84. The van der Waals surface area contributed by atoms with Gasteiger partial charge in [0, 0.05) is 29.2 Å². The van der Waals surface area contributed by atoms with Gasteiger partial charge < -0.3 is 19.7 Å². The van der Waals surface area contributed by atoms with E-state index in [2.05, 4.69) is 5.32 Å². The highest BCUT2D eigenvalue weighted by Gasteiger charge is 2.31. The van der Waals surface area contributed by atoms with E-state index in [9.17, 15) is 14.4 Å². The first-order chi connectivity index (χ1) is 21.4. The van der Waals surface area contributed by atoms with Crippen molar-refractivity contribution in [1.29, 1.82) is 0 Å². The fraction of sp³-hybridized carbons (Fsp3) is 0.250. The van der Waals surface area contributed by atoms with Crippen LogP contribution in [-0.2, 0) is 20.7 Å². The summed E-state index contributed by atoms with van der Waals surface area (Å²) in [5, 5.41) is 3.77. The zero-order chi connectivity index (χ0) is 30.9. The number of ketones is 1. The van der Waals surface area contributed by atoms with Gasteiger partial charge in [0.15, 0.2) is 5.78 Å². The number of carbonyl (C=O) groups excluding carboxylic acids is 3. The minimum absolute atomic E-state index is 0.0327. The normalized spacial score (nSPS) is 13.3. The number of rotatable bonds is 13. The second-order valence-corrected chi connectivity index (χ2v) is 11.1. The molecule has 226 valence electrons. The van der Waals surface area contributed by atoms with Gasteiger partial charge in [-0.25, -0.2) is 4.79 Å². The smallest absolute Gasteiger partial charge is 0.328 e. The van der Waals surface area contributed by atoms with Gasteiger partial charge in [0.1, 0.15) is 18.4 Å². The number of para-hydroxylation sites is 2. The van der Waals surface area contributed by atoms with E-state index in [-0.39, 0.29) is 17.6 Å².